The Kier molecular flexibility index (Phi) is 19.9. The molecule has 0 saturated carbocycles. The summed E-state index contributed by atoms with van der Waals surface area (Å²) >= 11 is 0. The lowest BCUT2D eigenvalue weighted by atomic mass is 9.86. The number of hydrogen-bond donors (Lipinski definition) is 4. The number of likely N-dealkylation sites (N-methyl/N-ethyl adjacent to an activating group) is 1. The van der Waals surface area contributed by atoms with E-state index in [0.717, 1.165) is 11.1 Å². The molecule has 18 heteroatoms. The SMILES string of the molecule is CCCOc1ccc2cc1-c1cc(ccc1OCCNC(=O)OC(C)(C)C)C[C@@H](C(=O)O)NC(=O)[C@H](C)CC(=O)[C@H]2N(C)C(=O)[C@H](CCNC(=O)OC(C)(C)C)CC(=O)c1cnc(-c2ccc(C(C)(C)C)cc2)nc1C. The highest BCUT2D eigenvalue weighted by Crippen LogP contribution is 2.41. The van der Waals surface area contributed by atoms with E-state index in [0.29, 0.717) is 58.3 Å². The minimum absolute atomic E-state index is 0.00931. The zero-order valence-corrected chi connectivity index (χ0v) is 46.3. The first-order valence-corrected chi connectivity index (χ1v) is 25.8. The highest BCUT2D eigenvalue weighted by Gasteiger charge is 2.37. The lowest BCUT2D eigenvalue weighted by Gasteiger charge is -2.32. The van der Waals surface area contributed by atoms with Gasteiger partial charge in [0.25, 0.3) is 0 Å². The summed E-state index contributed by atoms with van der Waals surface area (Å²) in [6.07, 6.45) is -0.205. The number of aromatic nitrogens is 2. The molecule has 3 aromatic carbocycles. The summed E-state index contributed by atoms with van der Waals surface area (Å²) in [5.74, 6) is -4.62. The number of rotatable bonds is 17. The Balaban J connectivity index is 1.59. The van der Waals surface area contributed by atoms with E-state index < -0.39 is 83.1 Å². The minimum atomic E-state index is -1.38. The molecule has 4 aromatic rings. The van der Waals surface area contributed by atoms with Gasteiger partial charge in [0.15, 0.2) is 17.4 Å². The molecule has 4 bridgehead atoms. The Labute approximate surface area is 446 Å². The molecule has 4 atom stereocenters. The predicted molar refractivity (Wildman–Crippen MR) is 287 cm³/mol. The monoisotopic (exact) mass is 1050 g/mol. The van der Waals surface area contributed by atoms with Crippen LogP contribution in [0.3, 0.4) is 0 Å². The number of nitrogens with zero attached hydrogens (tertiary/aromatic N) is 3. The van der Waals surface area contributed by atoms with Crippen molar-refractivity contribution in [1.82, 2.24) is 30.8 Å². The number of amides is 4. The van der Waals surface area contributed by atoms with Crippen LogP contribution in [0, 0.1) is 18.8 Å². The summed E-state index contributed by atoms with van der Waals surface area (Å²) in [7, 11) is 1.44. The number of carbonyl (C=O) groups is 7. The Hall–Kier alpha value is -7.37. The quantitative estimate of drug-likeness (QED) is 0.0570. The Morgan fingerprint density at radius 3 is 1.97 bits per heavy atom. The van der Waals surface area contributed by atoms with Gasteiger partial charge in [-0.05, 0) is 108 Å². The third-order valence-corrected chi connectivity index (χ3v) is 12.4. The topological polar surface area (TPSA) is 242 Å². The molecular formula is C58H76N6O12. The highest BCUT2D eigenvalue weighted by molar-refractivity contribution is 6.00. The summed E-state index contributed by atoms with van der Waals surface area (Å²) in [4.78, 5) is 107. The van der Waals surface area contributed by atoms with Crippen molar-refractivity contribution in [2.24, 2.45) is 11.8 Å². The number of aliphatic carboxylic acids is 1. The van der Waals surface area contributed by atoms with Crippen LogP contribution in [0.25, 0.3) is 22.5 Å². The van der Waals surface area contributed by atoms with E-state index in [1.165, 1.54) is 25.1 Å². The number of carbonyl (C=O) groups excluding carboxylic acids is 6. The lowest BCUT2D eigenvalue weighted by Crippen LogP contribution is -2.46. The third kappa shape index (κ3) is 16.8. The molecule has 0 radical (unpaired) electrons. The van der Waals surface area contributed by atoms with Crippen LogP contribution in [0.15, 0.2) is 66.9 Å². The first-order chi connectivity index (χ1) is 35.5. The number of nitrogens with one attached hydrogen (secondary N) is 3. The van der Waals surface area contributed by atoms with Crippen LogP contribution >= 0.6 is 0 Å². The fourth-order valence-electron chi connectivity index (χ4n) is 8.54. The maximum Gasteiger partial charge on any atom is 0.407 e. The number of hydrogen-bond acceptors (Lipinski definition) is 13. The van der Waals surface area contributed by atoms with Crippen molar-refractivity contribution in [2.45, 2.75) is 144 Å². The summed E-state index contributed by atoms with van der Waals surface area (Å²) in [5.41, 5.74) is 2.62. The van der Waals surface area contributed by atoms with Crippen molar-refractivity contribution in [3.05, 3.63) is 94.8 Å². The molecule has 76 heavy (non-hydrogen) atoms. The average Bonchev–Trinajstić information content (AvgIpc) is 3.32. The average molecular weight is 1050 g/mol. The standard InChI is InChI=1S/C58H76N6O12/c1-14-26-73-48-22-18-38-31-42(48)41-29-36(15-21-47(41)74-27-25-60-55(72)76-58(10,11)12)30-44(53(69)70)63-51(67)34(2)28-46(66)49(38)64(13)52(68)39(23-24-59-54(71)75-57(7,8)9)32-45(65)43-33-61-50(62-35(43)3)37-16-19-40(20-17-37)56(4,5)6/h15-22,29,31,33-34,39,44,49H,14,23-28,30,32H2,1-13H3,(H,59,71)(H,60,72)(H,63,67)(H,69,70)/t34-,39-,44+,49+/m1/s1. The fourth-order valence-corrected chi connectivity index (χ4v) is 8.54. The van der Waals surface area contributed by atoms with Crippen molar-refractivity contribution in [2.75, 3.05) is 33.4 Å². The summed E-state index contributed by atoms with van der Waals surface area (Å²) in [6, 6.07) is 15.2. The maximum absolute atomic E-state index is 15.2. The number of carboxylic acid groups (broad SMARTS) is 1. The number of ketones is 2. The van der Waals surface area contributed by atoms with Crippen LogP contribution in [-0.4, -0.2) is 112 Å². The Bertz CT molecular complexity index is 2760. The first kappa shape index (κ1) is 59.5. The highest BCUT2D eigenvalue weighted by atomic mass is 16.6. The predicted octanol–water partition coefficient (Wildman–Crippen LogP) is 9.13. The van der Waals surface area contributed by atoms with Gasteiger partial charge in [-0.1, -0.05) is 71.0 Å². The minimum Gasteiger partial charge on any atom is -0.493 e. The molecule has 0 aliphatic carbocycles. The van der Waals surface area contributed by atoms with Crippen molar-refractivity contribution in [3.63, 3.8) is 0 Å². The van der Waals surface area contributed by atoms with Gasteiger partial charge in [-0.25, -0.2) is 24.4 Å². The number of Topliss-reactive ketones (excluding diaryl/α,β-unsaturated/α-hetero) is 2. The van der Waals surface area contributed by atoms with Crippen LogP contribution in [0.1, 0.15) is 141 Å². The molecule has 18 nitrogen and oxygen atoms in total. The van der Waals surface area contributed by atoms with Gasteiger partial charge in [-0.2, -0.15) is 0 Å². The molecule has 2 heterocycles. The summed E-state index contributed by atoms with van der Waals surface area (Å²) in [6.45, 7) is 22.2. The van der Waals surface area contributed by atoms with Crippen LogP contribution in [0.5, 0.6) is 11.5 Å². The van der Waals surface area contributed by atoms with Gasteiger partial charge in [-0.15, -0.1) is 0 Å². The second-order valence-corrected chi connectivity index (χ2v) is 22.3. The smallest absolute Gasteiger partial charge is 0.407 e. The van der Waals surface area contributed by atoms with Gasteiger partial charge in [0, 0.05) is 67.6 Å². The van der Waals surface area contributed by atoms with Crippen LogP contribution < -0.4 is 25.4 Å². The number of alkyl carbamates (subject to hydrolysis) is 2. The van der Waals surface area contributed by atoms with Crippen molar-refractivity contribution in [3.8, 4) is 34.0 Å². The van der Waals surface area contributed by atoms with E-state index in [9.17, 15) is 33.9 Å². The fraction of sp³-hybridized carbons (Fsp3) is 0.500. The molecule has 0 saturated heterocycles. The molecule has 4 N–H and O–H groups in total. The van der Waals surface area contributed by atoms with Gasteiger partial charge in [0.1, 0.15) is 41.4 Å². The molecule has 1 aliphatic heterocycles. The second kappa shape index (κ2) is 25.4. The normalized spacial score (nSPS) is 16.5. The second-order valence-electron chi connectivity index (χ2n) is 22.3. The summed E-state index contributed by atoms with van der Waals surface area (Å²) < 4.78 is 23.4. The van der Waals surface area contributed by atoms with Gasteiger partial charge < -0.3 is 44.9 Å². The summed E-state index contributed by atoms with van der Waals surface area (Å²) in [5, 5.41) is 18.3. The van der Waals surface area contributed by atoms with Crippen molar-refractivity contribution < 1.29 is 57.6 Å². The van der Waals surface area contributed by atoms with Crippen LogP contribution in [0.4, 0.5) is 9.59 Å². The van der Waals surface area contributed by atoms with Crippen molar-refractivity contribution >= 4 is 41.5 Å². The van der Waals surface area contributed by atoms with E-state index >= 15 is 4.79 Å². The number of benzene rings is 3. The molecule has 0 unspecified atom stereocenters. The van der Waals surface area contributed by atoms with Gasteiger partial charge in [-0.3, -0.25) is 19.2 Å². The van der Waals surface area contributed by atoms with Crippen LogP contribution in [0.2, 0.25) is 0 Å². The van der Waals surface area contributed by atoms with E-state index in [4.69, 9.17) is 18.9 Å². The maximum atomic E-state index is 15.2. The van der Waals surface area contributed by atoms with Gasteiger partial charge in [0.05, 0.1) is 24.4 Å². The lowest BCUT2D eigenvalue weighted by molar-refractivity contribution is -0.144. The van der Waals surface area contributed by atoms with Crippen LogP contribution in [-0.2, 0) is 40.5 Å². The number of carboxylic acids is 1. The zero-order valence-electron chi connectivity index (χ0n) is 46.3. The number of fused-ring (bicyclic) bond motifs is 5. The Morgan fingerprint density at radius 2 is 1.39 bits per heavy atom. The number of ether oxygens (including phenoxy) is 4. The largest absolute Gasteiger partial charge is 0.493 e. The molecule has 410 valence electrons. The Morgan fingerprint density at radius 1 is 0.803 bits per heavy atom. The molecule has 1 aliphatic rings. The molecule has 1 aromatic heterocycles. The van der Waals surface area contributed by atoms with Gasteiger partial charge in [0.2, 0.25) is 11.8 Å². The molecule has 4 amide bonds. The molecule has 0 fully saturated rings. The zero-order chi connectivity index (χ0) is 56.3. The van der Waals surface area contributed by atoms with E-state index in [1.807, 2.05) is 31.2 Å². The molecule has 5 rings (SSSR count). The van der Waals surface area contributed by atoms with E-state index in [-0.39, 0.29) is 49.9 Å². The third-order valence-electron chi connectivity index (χ3n) is 12.4. The van der Waals surface area contributed by atoms with E-state index in [2.05, 4.69) is 46.7 Å². The molecular weight excluding hydrogens is 973 g/mol. The first-order valence-electron chi connectivity index (χ1n) is 25.8. The van der Waals surface area contributed by atoms with E-state index in [1.54, 1.807) is 84.9 Å². The number of aryl methyl sites for hydroxylation is 1. The molecule has 0 spiro atoms. The van der Waals surface area contributed by atoms with Gasteiger partial charge >= 0.3 is 18.2 Å². The van der Waals surface area contributed by atoms with Crippen molar-refractivity contribution in [1.29, 1.82) is 0 Å².